The molecule has 3 amide bonds. The Morgan fingerprint density at radius 1 is 0.833 bits per heavy atom. The van der Waals surface area contributed by atoms with Gasteiger partial charge in [0, 0.05) is 22.0 Å². The van der Waals surface area contributed by atoms with Crippen LogP contribution in [0.5, 0.6) is 5.75 Å². The van der Waals surface area contributed by atoms with Crippen molar-refractivity contribution >= 4 is 46.9 Å². The van der Waals surface area contributed by atoms with Gasteiger partial charge in [0.2, 0.25) is 0 Å². The van der Waals surface area contributed by atoms with Crippen LogP contribution in [0.3, 0.4) is 0 Å². The summed E-state index contributed by atoms with van der Waals surface area (Å²) in [4.78, 5) is 36.5. The molecule has 0 atom stereocenters. The fraction of sp³-hybridized carbons (Fsp3) is 0.185. The van der Waals surface area contributed by atoms with Crippen LogP contribution in [0, 0.1) is 0 Å². The molecule has 0 aromatic heterocycles. The molecule has 3 aromatic rings. The Hall–Kier alpha value is -4.17. The van der Waals surface area contributed by atoms with Gasteiger partial charge in [-0.15, -0.1) is 0 Å². The highest BCUT2D eigenvalue weighted by Crippen LogP contribution is 2.21. The third-order valence-electron chi connectivity index (χ3n) is 5.17. The van der Waals surface area contributed by atoms with Gasteiger partial charge >= 0.3 is 11.8 Å². The number of rotatable bonds is 9. The van der Waals surface area contributed by atoms with Crippen molar-refractivity contribution in [2.75, 3.05) is 17.2 Å². The molecule has 0 unspecified atom stereocenters. The number of amides is 3. The van der Waals surface area contributed by atoms with Crippen LogP contribution in [-0.2, 0) is 27.2 Å². The summed E-state index contributed by atoms with van der Waals surface area (Å²) in [5.74, 6) is -1.81. The lowest BCUT2D eigenvalue weighted by Crippen LogP contribution is -2.32. The van der Waals surface area contributed by atoms with Crippen LogP contribution in [0.1, 0.15) is 30.5 Å². The summed E-state index contributed by atoms with van der Waals surface area (Å²) in [5.41, 5.74) is 6.04. The zero-order valence-electron chi connectivity index (χ0n) is 20.0. The molecular weight excluding hydrogens is 480 g/mol. The summed E-state index contributed by atoms with van der Waals surface area (Å²) < 4.78 is 5.62. The number of carbonyl (C=O) groups excluding carboxylic acids is 3. The molecule has 0 aliphatic carbocycles. The molecule has 3 rings (SSSR count). The minimum Gasteiger partial charge on any atom is -0.483 e. The zero-order valence-corrected chi connectivity index (χ0v) is 20.8. The van der Waals surface area contributed by atoms with Crippen molar-refractivity contribution in [1.29, 1.82) is 0 Å². The highest BCUT2D eigenvalue weighted by Gasteiger charge is 2.13. The number of hydrogen-bond donors (Lipinski definition) is 3. The van der Waals surface area contributed by atoms with E-state index in [1.54, 1.807) is 30.3 Å². The van der Waals surface area contributed by atoms with E-state index < -0.39 is 11.8 Å². The van der Waals surface area contributed by atoms with Gasteiger partial charge in [-0.25, -0.2) is 5.43 Å². The van der Waals surface area contributed by atoms with E-state index in [1.165, 1.54) is 11.8 Å². The topological polar surface area (TPSA) is 109 Å². The van der Waals surface area contributed by atoms with Crippen LogP contribution in [0.15, 0.2) is 71.8 Å². The molecule has 0 radical (unpaired) electrons. The van der Waals surface area contributed by atoms with Crippen LogP contribution in [0.4, 0.5) is 11.4 Å². The van der Waals surface area contributed by atoms with E-state index in [2.05, 4.69) is 28.1 Å². The summed E-state index contributed by atoms with van der Waals surface area (Å²) >= 11 is 6.07. The van der Waals surface area contributed by atoms with Crippen LogP contribution < -0.4 is 20.8 Å². The quantitative estimate of drug-likeness (QED) is 0.224. The maximum absolute atomic E-state index is 12.3. The molecule has 8 nitrogen and oxygen atoms in total. The average Bonchev–Trinajstić information content (AvgIpc) is 2.89. The van der Waals surface area contributed by atoms with Crippen LogP contribution in [-0.4, -0.2) is 30.5 Å². The number of carbonyl (C=O) groups is 3. The van der Waals surface area contributed by atoms with Gasteiger partial charge in [0.25, 0.3) is 5.91 Å². The van der Waals surface area contributed by atoms with Crippen molar-refractivity contribution < 1.29 is 19.1 Å². The molecule has 0 bridgehead atoms. The molecular formula is C27H27ClN4O4. The van der Waals surface area contributed by atoms with Crippen molar-refractivity contribution in [3.63, 3.8) is 0 Å². The van der Waals surface area contributed by atoms with Gasteiger partial charge in [0.15, 0.2) is 6.61 Å². The van der Waals surface area contributed by atoms with E-state index in [1.807, 2.05) is 43.3 Å². The van der Waals surface area contributed by atoms with Crippen molar-refractivity contribution in [2.24, 2.45) is 5.10 Å². The molecule has 0 saturated carbocycles. The number of benzene rings is 3. The Labute approximate surface area is 214 Å². The molecule has 0 aliphatic rings. The Morgan fingerprint density at radius 2 is 1.42 bits per heavy atom. The first-order valence-corrected chi connectivity index (χ1v) is 11.8. The summed E-state index contributed by atoms with van der Waals surface area (Å²) in [6.07, 6.45) is 3.07. The van der Waals surface area contributed by atoms with Crippen LogP contribution >= 0.6 is 11.6 Å². The number of hydrazone groups is 1. The predicted molar refractivity (Wildman–Crippen MR) is 142 cm³/mol. The summed E-state index contributed by atoms with van der Waals surface area (Å²) in [7, 11) is 0. The van der Waals surface area contributed by atoms with Crippen molar-refractivity contribution in [3.05, 3.63) is 88.4 Å². The van der Waals surface area contributed by atoms with Gasteiger partial charge in [-0.3, -0.25) is 14.4 Å². The Morgan fingerprint density at radius 3 is 2.00 bits per heavy atom. The summed E-state index contributed by atoms with van der Waals surface area (Å²) in [6, 6.07) is 19.5. The molecule has 9 heteroatoms. The number of aryl methyl sites for hydroxylation is 2. The first kappa shape index (κ1) is 26.4. The first-order chi connectivity index (χ1) is 17.4. The third kappa shape index (κ3) is 7.95. The summed E-state index contributed by atoms with van der Waals surface area (Å²) in [6.45, 7) is 3.83. The van der Waals surface area contributed by atoms with E-state index in [0.717, 1.165) is 18.4 Å². The summed E-state index contributed by atoms with van der Waals surface area (Å²) in [5, 5.41) is 9.50. The second-order valence-corrected chi connectivity index (χ2v) is 8.21. The molecule has 0 spiro atoms. The molecule has 186 valence electrons. The van der Waals surface area contributed by atoms with E-state index in [-0.39, 0.29) is 12.5 Å². The largest absolute Gasteiger partial charge is 0.483 e. The molecule has 0 heterocycles. The maximum Gasteiger partial charge on any atom is 0.329 e. The van der Waals surface area contributed by atoms with Crippen LogP contribution in [0.25, 0.3) is 0 Å². The molecule has 0 saturated heterocycles. The Bertz CT molecular complexity index is 1240. The average molecular weight is 507 g/mol. The molecule has 0 fully saturated rings. The number of hydrogen-bond acceptors (Lipinski definition) is 5. The zero-order chi connectivity index (χ0) is 25.9. The predicted octanol–water partition coefficient (Wildman–Crippen LogP) is 4.57. The highest BCUT2D eigenvalue weighted by molar-refractivity contribution is 6.39. The van der Waals surface area contributed by atoms with Gasteiger partial charge in [0.1, 0.15) is 5.75 Å². The second-order valence-electron chi connectivity index (χ2n) is 7.77. The maximum atomic E-state index is 12.3. The van der Waals surface area contributed by atoms with E-state index in [4.69, 9.17) is 16.3 Å². The van der Waals surface area contributed by atoms with E-state index >= 15 is 0 Å². The van der Waals surface area contributed by atoms with Gasteiger partial charge in [-0.1, -0.05) is 49.7 Å². The monoisotopic (exact) mass is 506 g/mol. The minimum absolute atomic E-state index is 0.246. The van der Waals surface area contributed by atoms with E-state index in [0.29, 0.717) is 27.7 Å². The van der Waals surface area contributed by atoms with Crippen molar-refractivity contribution in [2.45, 2.75) is 26.7 Å². The molecule has 3 N–H and O–H groups in total. The van der Waals surface area contributed by atoms with Gasteiger partial charge < -0.3 is 15.4 Å². The standard InChI is InChI=1S/C27H27ClN4O4/c1-3-18-5-10-22(11-6-18)30-25(33)17-36-24-14-9-21(28)15-20(24)16-29-32-27(35)26(34)31-23-12-7-19(4-2)8-13-23/h5-16H,3-4,17H2,1-2H3,(H,30,33)(H,31,34)(H,32,35)/b29-16-. The molecule has 3 aromatic carbocycles. The Balaban J connectivity index is 1.55. The first-order valence-electron chi connectivity index (χ1n) is 11.4. The van der Waals surface area contributed by atoms with Gasteiger partial charge in [0.05, 0.1) is 6.21 Å². The lowest BCUT2D eigenvalue weighted by atomic mass is 10.1. The SMILES string of the molecule is CCc1ccc(NC(=O)COc2ccc(Cl)cc2/C=N\NC(=O)C(=O)Nc2ccc(CC)cc2)cc1. The molecule has 0 aliphatic heterocycles. The van der Waals surface area contributed by atoms with Crippen LogP contribution in [0.2, 0.25) is 5.02 Å². The number of anilines is 2. The fourth-order valence-corrected chi connectivity index (χ4v) is 3.32. The number of nitrogens with zero attached hydrogens (tertiary/aromatic N) is 1. The van der Waals surface area contributed by atoms with E-state index in [9.17, 15) is 14.4 Å². The van der Waals surface area contributed by atoms with Crippen molar-refractivity contribution in [3.8, 4) is 5.75 Å². The number of halogens is 1. The Kier molecular flexibility index (Phi) is 9.59. The fourth-order valence-electron chi connectivity index (χ4n) is 3.14. The smallest absolute Gasteiger partial charge is 0.329 e. The number of ether oxygens (including phenoxy) is 1. The second kappa shape index (κ2) is 13.1. The third-order valence-corrected chi connectivity index (χ3v) is 5.41. The van der Waals surface area contributed by atoms with Crippen molar-refractivity contribution in [1.82, 2.24) is 5.43 Å². The lowest BCUT2D eigenvalue weighted by molar-refractivity contribution is -0.136. The highest BCUT2D eigenvalue weighted by atomic mass is 35.5. The van der Waals surface area contributed by atoms with Gasteiger partial charge in [-0.2, -0.15) is 5.10 Å². The normalized spacial score (nSPS) is 10.6. The molecule has 36 heavy (non-hydrogen) atoms. The lowest BCUT2D eigenvalue weighted by Gasteiger charge is -2.10. The van der Waals surface area contributed by atoms with Gasteiger partial charge in [-0.05, 0) is 66.4 Å². The number of nitrogens with one attached hydrogen (secondary N) is 3. The minimum atomic E-state index is -0.941.